The molecule has 7 heteroatoms. The Labute approximate surface area is 90.5 Å². The van der Waals surface area contributed by atoms with E-state index in [1.165, 1.54) is 6.26 Å². The van der Waals surface area contributed by atoms with Gasteiger partial charge < -0.3 is 16.3 Å². The van der Waals surface area contributed by atoms with E-state index in [1.807, 2.05) is 0 Å². The second kappa shape index (κ2) is 7.47. The highest BCUT2D eigenvalue weighted by molar-refractivity contribution is 7.90. The van der Waals surface area contributed by atoms with Gasteiger partial charge in [-0.2, -0.15) is 0 Å². The molecule has 0 spiro atoms. The zero-order valence-corrected chi connectivity index (χ0v) is 9.76. The first-order valence-corrected chi connectivity index (χ1v) is 6.86. The van der Waals surface area contributed by atoms with Crippen LogP contribution in [0.4, 0.5) is 0 Å². The summed E-state index contributed by atoms with van der Waals surface area (Å²) in [4.78, 5) is 0. The third-order valence-electron chi connectivity index (χ3n) is 1.81. The molecule has 0 rings (SSSR count). The van der Waals surface area contributed by atoms with Gasteiger partial charge in [-0.05, 0) is 19.4 Å². The number of amidine groups is 1. The van der Waals surface area contributed by atoms with Gasteiger partial charge in [-0.1, -0.05) is 5.16 Å². The molecular weight excluding hydrogens is 218 g/mol. The monoisotopic (exact) mass is 237 g/mol. The fourth-order valence-corrected chi connectivity index (χ4v) is 1.50. The first-order chi connectivity index (χ1) is 6.95. The molecule has 6 nitrogen and oxygen atoms in total. The van der Waals surface area contributed by atoms with Crippen LogP contribution in [0.3, 0.4) is 0 Å². The van der Waals surface area contributed by atoms with Gasteiger partial charge in [0, 0.05) is 19.2 Å². The fourth-order valence-electron chi connectivity index (χ4n) is 0.989. The second-order valence-corrected chi connectivity index (χ2v) is 5.69. The van der Waals surface area contributed by atoms with Crippen LogP contribution in [-0.4, -0.2) is 44.6 Å². The van der Waals surface area contributed by atoms with Gasteiger partial charge in [-0.25, -0.2) is 8.42 Å². The van der Waals surface area contributed by atoms with E-state index in [0.29, 0.717) is 13.0 Å². The summed E-state index contributed by atoms with van der Waals surface area (Å²) in [7, 11) is -2.87. The Morgan fingerprint density at radius 1 is 1.40 bits per heavy atom. The maximum Gasteiger partial charge on any atom is 0.148 e. The number of oxime groups is 1. The topological polar surface area (TPSA) is 105 Å². The number of sulfone groups is 1. The Kier molecular flexibility index (Phi) is 7.06. The van der Waals surface area contributed by atoms with E-state index in [1.54, 1.807) is 0 Å². The van der Waals surface area contributed by atoms with Crippen molar-refractivity contribution in [3.8, 4) is 0 Å². The largest absolute Gasteiger partial charge is 0.409 e. The lowest BCUT2D eigenvalue weighted by atomic mass is 10.2. The molecule has 90 valence electrons. The molecule has 15 heavy (non-hydrogen) atoms. The van der Waals surface area contributed by atoms with Gasteiger partial charge in [0.05, 0.1) is 5.75 Å². The third kappa shape index (κ3) is 11.1. The Balaban J connectivity index is 3.26. The molecule has 0 bridgehead atoms. The minimum Gasteiger partial charge on any atom is -0.409 e. The van der Waals surface area contributed by atoms with Crippen molar-refractivity contribution < 1.29 is 13.6 Å². The van der Waals surface area contributed by atoms with Crippen LogP contribution < -0.4 is 11.1 Å². The normalized spacial score (nSPS) is 13.0. The van der Waals surface area contributed by atoms with Crippen molar-refractivity contribution in [2.75, 3.05) is 25.1 Å². The van der Waals surface area contributed by atoms with Crippen molar-refractivity contribution in [2.24, 2.45) is 10.9 Å². The molecule has 0 aliphatic carbocycles. The molecule has 0 saturated carbocycles. The van der Waals surface area contributed by atoms with E-state index in [0.717, 1.165) is 19.4 Å². The lowest BCUT2D eigenvalue weighted by molar-refractivity contribution is 0.316. The Morgan fingerprint density at radius 3 is 2.60 bits per heavy atom. The van der Waals surface area contributed by atoms with Crippen molar-refractivity contribution >= 4 is 15.7 Å². The van der Waals surface area contributed by atoms with Gasteiger partial charge in [-0.15, -0.1) is 0 Å². The van der Waals surface area contributed by atoms with Crippen molar-refractivity contribution in [2.45, 2.75) is 19.3 Å². The lowest BCUT2D eigenvalue weighted by Crippen LogP contribution is -2.23. The molecule has 0 aliphatic heterocycles. The van der Waals surface area contributed by atoms with E-state index in [2.05, 4.69) is 10.5 Å². The molecule has 0 amide bonds. The molecule has 0 aliphatic rings. The average molecular weight is 237 g/mol. The van der Waals surface area contributed by atoms with Gasteiger partial charge in [0.15, 0.2) is 0 Å². The van der Waals surface area contributed by atoms with Crippen LogP contribution in [0.5, 0.6) is 0 Å². The van der Waals surface area contributed by atoms with Crippen LogP contribution in [0.1, 0.15) is 19.3 Å². The molecule has 0 heterocycles. The van der Waals surface area contributed by atoms with Gasteiger partial charge in [0.2, 0.25) is 0 Å². The second-order valence-electron chi connectivity index (χ2n) is 3.43. The first-order valence-electron chi connectivity index (χ1n) is 4.80. The molecule has 0 unspecified atom stereocenters. The molecule has 0 aromatic rings. The fraction of sp³-hybridized carbons (Fsp3) is 0.875. The van der Waals surface area contributed by atoms with Crippen molar-refractivity contribution in [3.05, 3.63) is 0 Å². The highest BCUT2D eigenvalue weighted by Gasteiger charge is 2.00. The van der Waals surface area contributed by atoms with E-state index >= 15 is 0 Å². The van der Waals surface area contributed by atoms with Gasteiger partial charge in [0.25, 0.3) is 0 Å². The summed E-state index contributed by atoms with van der Waals surface area (Å²) in [6.07, 6.45) is 3.47. The number of rotatable bonds is 8. The summed E-state index contributed by atoms with van der Waals surface area (Å²) in [6, 6.07) is 0. The summed E-state index contributed by atoms with van der Waals surface area (Å²) >= 11 is 0. The van der Waals surface area contributed by atoms with Gasteiger partial charge in [0.1, 0.15) is 15.7 Å². The molecule has 0 atom stereocenters. The molecule has 0 radical (unpaired) electrons. The SMILES string of the molecule is CS(=O)(=O)CCNCCCCC(N)=NO. The number of unbranched alkanes of at least 4 members (excludes halogenated alkanes) is 1. The molecule has 0 aromatic heterocycles. The Hall–Kier alpha value is -0.820. The number of nitrogens with one attached hydrogen (secondary N) is 1. The van der Waals surface area contributed by atoms with Crippen LogP contribution in [0, 0.1) is 0 Å². The van der Waals surface area contributed by atoms with Crippen LogP contribution in [0.2, 0.25) is 0 Å². The van der Waals surface area contributed by atoms with Crippen molar-refractivity contribution in [3.63, 3.8) is 0 Å². The first kappa shape index (κ1) is 14.2. The van der Waals surface area contributed by atoms with Crippen LogP contribution >= 0.6 is 0 Å². The maximum absolute atomic E-state index is 10.7. The summed E-state index contributed by atoms with van der Waals surface area (Å²) < 4.78 is 21.5. The van der Waals surface area contributed by atoms with Crippen LogP contribution in [-0.2, 0) is 9.84 Å². The number of nitrogens with zero attached hydrogens (tertiary/aromatic N) is 1. The van der Waals surface area contributed by atoms with Gasteiger partial charge in [-0.3, -0.25) is 0 Å². The van der Waals surface area contributed by atoms with Crippen molar-refractivity contribution in [1.29, 1.82) is 0 Å². The highest BCUT2D eigenvalue weighted by atomic mass is 32.2. The quantitative estimate of drug-likeness (QED) is 0.174. The molecule has 0 aromatic carbocycles. The number of hydrogen-bond donors (Lipinski definition) is 3. The summed E-state index contributed by atoms with van der Waals surface area (Å²) in [6.45, 7) is 1.22. The van der Waals surface area contributed by atoms with Crippen molar-refractivity contribution in [1.82, 2.24) is 5.32 Å². The smallest absolute Gasteiger partial charge is 0.148 e. The van der Waals surface area contributed by atoms with E-state index < -0.39 is 9.84 Å². The molecular formula is C8H19N3O3S. The predicted octanol–water partition coefficient (Wildman–Crippen LogP) is -0.463. The third-order valence-corrected chi connectivity index (χ3v) is 2.76. The minimum atomic E-state index is -2.87. The average Bonchev–Trinajstić information content (AvgIpc) is 2.14. The zero-order chi connectivity index (χ0) is 11.7. The summed E-state index contributed by atoms with van der Waals surface area (Å²) in [5.41, 5.74) is 5.27. The number of hydrogen-bond acceptors (Lipinski definition) is 5. The molecule has 0 saturated heterocycles. The summed E-state index contributed by atoms with van der Waals surface area (Å²) in [5.74, 6) is 0.388. The van der Waals surface area contributed by atoms with E-state index in [9.17, 15) is 8.42 Å². The van der Waals surface area contributed by atoms with Crippen LogP contribution in [0.25, 0.3) is 0 Å². The summed E-state index contributed by atoms with van der Waals surface area (Å²) in [5, 5.41) is 14.1. The van der Waals surface area contributed by atoms with Crippen LogP contribution in [0.15, 0.2) is 5.16 Å². The Bertz CT molecular complexity index is 288. The number of nitrogens with two attached hydrogens (primary N) is 1. The minimum absolute atomic E-state index is 0.160. The lowest BCUT2D eigenvalue weighted by Gasteiger charge is -2.03. The maximum atomic E-state index is 10.7. The highest BCUT2D eigenvalue weighted by Crippen LogP contribution is 1.93. The van der Waals surface area contributed by atoms with Gasteiger partial charge >= 0.3 is 0 Å². The standard InChI is InChI=1S/C8H19N3O3S/c1-15(13,14)7-6-10-5-3-2-4-8(9)11-12/h10,12H,2-7H2,1H3,(H2,9,11). The molecule has 0 fully saturated rings. The van der Waals surface area contributed by atoms with E-state index in [4.69, 9.17) is 10.9 Å². The Morgan fingerprint density at radius 2 is 2.07 bits per heavy atom. The zero-order valence-electron chi connectivity index (χ0n) is 8.94. The molecule has 4 N–H and O–H groups in total. The van der Waals surface area contributed by atoms with E-state index in [-0.39, 0.29) is 11.6 Å². The predicted molar refractivity (Wildman–Crippen MR) is 59.8 cm³/mol.